The van der Waals surface area contributed by atoms with E-state index in [9.17, 15) is 0 Å². The molecule has 0 saturated heterocycles. The maximum absolute atomic E-state index is 8.25. The third kappa shape index (κ3) is 53.3. The van der Waals surface area contributed by atoms with E-state index in [0.29, 0.717) is 0 Å². The standard InChI is InChI=1S/CH3BrO.CH3O.Na/c1-3-2;1-2;/h1H3;1H3;/q;-1;+1. The molecule has 0 aliphatic rings. The van der Waals surface area contributed by atoms with Crippen LogP contribution in [0.25, 0.3) is 0 Å². The first-order chi connectivity index (χ1) is 2.41. The predicted molar refractivity (Wildman–Crippen MR) is 21.9 cm³/mol. The molecule has 0 aromatic carbocycles. The fourth-order valence-electron chi connectivity index (χ4n) is 0. The molecule has 0 fully saturated rings. The second-order valence-electron chi connectivity index (χ2n) is 0.154. The minimum Gasteiger partial charge on any atom is -0.857 e. The maximum Gasteiger partial charge on any atom is 1.00 e. The van der Waals surface area contributed by atoms with Crippen LogP contribution >= 0.6 is 16.3 Å². The Hall–Kier alpha value is 1.40. The van der Waals surface area contributed by atoms with Crippen molar-refractivity contribution in [2.24, 2.45) is 0 Å². The van der Waals surface area contributed by atoms with E-state index in [2.05, 4.69) is 20.1 Å². The molecule has 0 unspecified atom stereocenters. The van der Waals surface area contributed by atoms with Gasteiger partial charge in [0.2, 0.25) is 0 Å². The first-order valence-corrected chi connectivity index (χ1v) is 1.62. The monoisotopic (exact) mass is 164 g/mol. The summed E-state index contributed by atoms with van der Waals surface area (Å²) in [4.78, 5) is 0. The van der Waals surface area contributed by atoms with Crippen molar-refractivity contribution in [3.63, 3.8) is 0 Å². The summed E-state index contributed by atoms with van der Waals surface area (Å²) < 4.78 is 4.06. The van der Waals surface area contributed by atoms with Crippen molar-refractivity contribution < 1.29 is 38.5 Å². The Balaban J connectivity index is -0.0000000275. The topological polar surface area (TPSA) is 32.3 Å². The SMILES string of the molecule is COBr.C[O-].[Na+]. The van der Waals surface area contributed by atoms with Gasteiger partial charge in [0.15, 0.2) is 0 Å². The molecule has 0 rings (SSSR count). The van der Waals surface area contributed by atoms with Gasteiger partial charge in [-0.05, 0) is 0 Å². The van der Waals surface area contributed by atoms with Crippen LogP contribution < -0.4 is 34.7 Å². The molecule has 2 nitrogen and oxygen atoms in total. The molecule has 0 heterocycles. The van der Waals surface area contributed by atoms with Crippen LogP contribution in [0.15, 0.2) is 0 Å². The van der Waals surface area contributed by atoms with Gasteiger partial charge in [-0.15, -0.1) is 0 Å². The molecule has 0 aliphatic carbocycles. The van der Waals surface area contributed by atoms with Crippen molar-refractivity contribution >= 4 is 16.3 Å². The average Bonchev–Trinajstić information content (AvgIpc) is 1.46. The molecule has 4 heteroatoms. The number of hydrogen-bond acceptors (Lipinski definition) is 2. The van der Waals surface area contributed by atoms with Crippen molar-refractivity contribution in [3.05, 3.63) is 0 Å². The molecular formula is C2H6BrNaO2. The first-order valence-electron chi connectivity index (χ1n) is 0.971. The van der Waals surface area contributed by atoms with Gasteiger partial charge < -0.3 is 8.93 Å². The zero-order valence-corrected chi connectivity index (χ0v) is 7.78. The minimum atomic E-state index is 0. The Morgan fingerprint density at radius 3 is 1.50 bits per heavy atom. The summed E-state index contributed by atoms with van der Waals surface area (Å²) in [5, 5.41) is 8.25. The molecule has 6 heavy (non-hydrogen) atoms. The van der Waals surface area contributed by atoms with Crippen LogP contribution in [0.2, 0.25) is 0 Å². The fraction of sp³-hybridized carbons (Fsp3) is 1.00. The van der Waals surface area contributed by atoms with Gasteiger partial charge in [-0.2, -0.15) is 7.11 Å². The van der Waals surface area contributed by atoms with E-state index in [1.165, 1.54) is 0 Å². The summed E-state index contributed by atoms with van der Waals surface area (Å²) in [6.07, 6.45) is 0. The third-order valence-corrected chi connectivity index (χ3v) is 0. The van der Waals surface area contributed by atoms with Crippen molar-refractivity contribution in [1.29, 1.82) is 0 Å². The van der Waals surface area contributed by atoms with Gasteiger partial charge in [0.25, 0.3) is 0 Å². The maximum atomic E-state index is 8.25. The molecule has 0 aliphatic heterocycles. The first kappa shape index (κ1) is 15.7. The van der Waals surface area contributed by atoms with Crippen LogP contribution in [0.5, 0.6) is 0 Å². The number of hydrogen-bond donors (Lipinski definition) is 0. The second kappa shape index (κ2) is 32.4. The summed E-state index contributed by atoms with van der Waals surface area (Å²) >= 11 is 2.65. The summed E-state index contributed by atoms with van der Waals surface area (Å²) in [6.45, 7) is 0. The third-order valence-electron chi connectivity index (χ3n) is 0. The van der Waals surface area contributed by atoms with Gasteiger partial charge in [0.05, 0.1) is 23.4 Å². The van der Waals surface area contributed by atoms with E-state index < -0.39 is 0 Å². The van der Waals surface area contributed by atoms with Crippen molar-refractivity contribution in [3.8, 4) is 0 Å². The Labute approximate surface area is 68.6 Å². The summed E-state index contributed by atoms with van der Waals surface area (Å²) in [5.41, 5.74) is 0. The van der Waals surface area contributed by atoms with Gasteiger partial charge in [0, 0.05) is 0 Å². The fourth-order valence-corrected chi connectivity index (χ4v) is 0. The van der Waals surface area contributed by atoms with Gasteiger partial charge in [-0.3, -0.25) is 0 Å². The number of halogens is 1. The second-order valence-corrected chi connectivity index (χ2v) is 0.802. The smallest absolute Gasteiger partial charge is 0.857 e. The molecule has 0 aromatic heterocycles. The van der Waals surface area contributed by atoms with Crippen LogP contribution in [0.3, 0.4) is 0 Å². The molecule has 34 valence electrons. The van der Waals surface area contributed by atoms with Crippen LogP contribution in [0.1, 0.15) is 0 Å². The van der Waals surface area contributed by atoms with Gasteiger partial charge in [-0.1, -0.05) is 0 Å². The molecular weight excluding hydrogens is 159 g/mol. The van der Waals surface area contributed by atoms with Gasteiger partial charge in [-0.25, -0.2) is 0 Å². The minimum absolute atomic E-state index is 0. The van der Waals surface area contributed by atoms with E-state index in [1.807, 2.05) is 0 Å². The number of rotatable bonds is 0. The molecule has 0 amide bonds. The Morgan fingerprint density at radius 2 is 1.50 bits per heavy atom. The Bertz CT molecular complexity index is 11.5. The van der Waals surface area contributed by atoms with E-state index in [-0.39, 0.29) is 29.6 Å². The van der Waals surface area contributed by atoms with Crippen LogP contribution in [-0.4, -0.2) is 14.2 Å². The quantitative estimate of drug-likeness (QED) is 0.356. The van der Waals surface area contributed by atoms with Crippen molar-refractivity contribution in [1.82, 2.24) is 0 Å². The van der Waals surface area contributed by atoms with E-state index in [0.717, 1.165) is 7.11 Å². The molecule has 0 atom stereocenters. The largest absolute Gasteiger partial charge is 1.00 e. The van der Waals surface area contributed by atoms with Crippen LogP contribution in [0, 0.1) is 0 Å². The van der Waals surface area contributed by atoms with Crippen LogP contribution in [0.4, 0.5) is 0 Å². The van der Waals surface area contributed by atoms with Crippen molar-refractivity contribution in [2.45, 2.75) is 0 Å². The van der Waals surface area contributed by atoms with Gasteiger partial charge >= 0.3 is 29.6 Å². The molecule has 0 radical (unpaired) electrons. The zero-order valence-electron chi connectivity index (χ0n) is 4.19. The van der Waals surface area contributed by atoms with E-state index >= 15 is 0 Å². The summed E-state index contributed by atoms with van der Waals surface area (Å²) in [6, 6.07) is 0. The zero-order chi connectivity index (χ0) is 4.71. The Kier molecular flexibility index (Phi) is 84.5. The Morgan fingerprint density at radius 1 is 1.50 bits per heavy atom. The molecule has 0 spiro atoms. The normalized spacial score (nSPS) is 4.00. The summed E-state index contributed by atoms with van der Waals surface area (Å²) in [7, 11) is 2.29. The van der Waals surface area contributed by atoms with Gasteiger partial charge in [0.1, 0.15) is 0 Å². The van der Waals surface area contributed by atoms with Crippen LogP contribution in [-0.2, 0) is 3.83 Å². The summed E-state index contributed by atoms with van der Waals surface area (Å²) in [5.74, 6) is 0. The average molecular weight is 165 g/mol. The molecule has 0 N–H and O–H groups in total. The molecule has 0 bridgehead atoms. The van der Waals surface area contributed by atoms with Crippen molar-refractivity contribution in [2.75, 3.05) is 14.2 Å². The predicted octanol–water partition coefficient (Wildman–Crippen LogP) is -3.08. The van der Waals surface area contributed by atoms with E-state index in [4.69, 9.17) is 5.11 Å². The molecule has 0 aromatic rings. The van der Waals surface area contributed by atoms with E-state index in [1.54, 1.807) is 7.11 Å². The molecule has 0 saturated carbocycles.